The Labute approximate surface area is 105 Å². The number of sulfone groups is 1. The summed E-state index contributed by atoms with van der Waals surface area (Å²) in [6.07, 6.45) is 0.642. The smallest absolute Gasteiger partial charge is 0.178 e. The lowest BCUT2D eigenvalue weighted by molar-refractivity contribution is 0.590. The lowest BCUT2D eigenvalue weighted by atomic mass is 10.4. The molecule has 1 aromatic rings. The fourth-order valence-electron chi connectivity index (χ4n) is 1.34. The van der Waals surface area contributed by atoms with Crippen LogP contribution in [0, 0.1) is 0 Å². The summed E-state index contributed by atoms with van der Waals surface area (Å²) in [6, 6.07) is 6.83. The van der Waals surface area contributed by atoms with Gasteiger partial charge >= 0.3 is 0 Å². The van der Waals surface area contributed by atoms with E-state index in [9.17, 15) is 8.42 Å². The van der Waals surface area contributed by atoms with Crippen LogP contribution in [0.3, 0.4) is 0 Å². The molecule has 0 saturated carbocycles. The van der Waals surface area contributed by atoms with E-state index in [0.717, 1.165) is 17.6 Å². The minimum Gasteiger partial charge on any atom is -0.317 e. The van der Waals surface area contributed by atoms with Crippen molar-refractivity contribution in [3.05, 3.63) is 28.7 Å². The lowest BCUT2D eigenvalue weighted by Crippen LogP contribution is -2.18. The highest BCUT2D eigenvalue weighted by Crippen LogP contribution is 2.17. The van der Waals surface area contributed by atoms with Crippen molar-refractivity contribution >= 4 is 25.8 Å². The number of nitrogens with one attached hydrogen (secondary N) is 1. The fraction of sp³-hybridized carbons (Fsp3) is 0.455. The van der Waals surface area contributed by atoms with E-state index in [1.54, 1.807) is 18.2 Å². The maximum Gasteiger partial charge on any atom is 0.178 e. The Morgan fingerprint density at radius 2 is 2.12 bits per heavy atom. The molecule has 1 rings (SSSR count). The van der Waals surface area contributed by atoms with Crippen molar-refractivity contribution in [1.29, 1.82) is 0 Å². The van der Waals surface area contributed by atoms with Crippen LogP contribution in [-0.2, 0) is 9.84 Å². The largest absolute Gasteiger partial charge is 0.317 e. The minimum atomic E-state index is -3.13. The Morgan fingerprint density at radius 3 is 2.75 bits per heavy atom. The van der Waals surface area contributed by atoms with Gasteiger partial charge in [0.25, 0.3) is 0 Å². The molecule has 90 valence electrons. The highest BCUT2D eigenvalue weighted by atomic mass is 79.9. The van der Waals surface area contributed by atoms with Crippen molar-refractivity contribution in [1.82, 2.24) is 5.32 Å². The van der Waals surface area contributed by atoms with Gasteiger partial charge < -0.3 is 5.32 Å². The maximum absolute atomic E-state index is 11.9. The molecule has 0 aliphatic heterocycles. The molecule has 0 spiro atoms. The first-order chi connectivity index (χ1) is 7.56. The van der Waals surface area contributed by atoms with Crippen LogP contribution in [-0.4, -0.2) is 27.3 Å². The third-order valence-electron chi connectivity index (χ3n) is 2.17. The lowest BCUT2D eigenvalue weighted by Gasteiger charge is -2.05. The zero-order chi connectivity index (χ0) is 12.0. The Kier molecular flexibility index (Phi) is 5.44. The van der Waals surface area contributed by atoms with Crippen LogP contribution >= 0.6 is 15.9 Å². The van der Waals surface area contributed by atoms with Gasteiger partial charge in [0.15, 0.2) is 9.84 Å². The summed E-state index contributed by atoms with van der Waals surface area (Å²) < 4.78 is 24.6. The summed E-state index contributed by atoms with van der Waals surface area (Å²) in [7, 11) is -3.13. The summed E-state index contributed by atoms with van der Waals surface area (Å²) >= 11 is 3.27. The monoisotopic (exact) mass is 305 g/mol. The fourth-order valence-corrected chi connectivity index (χ4v) is 3.25. The van der Waals surface area contributed by atoms with Crippen LogP contribution in [0.1, 0.15) is 13.3 Å². The van der Waals surface area contributed by atoms with Gasteiger partial charge in [0.1, 0.15) is 0 Å². The Morgan fingerprint density at radius 1 is 1.38 bits per heavy atom. The van der Waals surface area contributed by atoms with E-state index in [1.807, 2.05) is 13.0 Å². The molecule has 0 amide bonds. The summed E-state index contributed by atoms with van der Waals surface area (Å²) in [6.45, 7) is 3.61. The average molecular weight is 306 g/mol. The molecule has 3 nitrogen and oxygen atoms in total. The van der Waals surface area contributed by atoms with Gasteiger partial charge in [-0.1, -0.05) is 28.9 Å². The molecular weight excluding hydrogens is 290 g/mol. The highest BCUT2D eigenvalue weighted by Gasteiger charge is 2.13. The van der Waals surface area contributed by atoms with Crippen LogP contribution < -0.4 is 5.32 Å². The third kappa shape index (κ3) is 4.23. The molecule has 0 aliphatic rings. The number of hydrogen-bond acceptors (Lipinski definition) is 3. The number of rotatable bonds is 6. The van der Waals surface area contributed by atoms with Gasteiger partial charge in [-0.05, 0) is 37.7 Å². The van der Waals surface area contributed by atoms with Crippen LogP contribution in [0.15, 0.2) is 33.6 Å². The molecule has 0 radical (unpaired) electrons. The van der Waals surface area contributed by atoms with Gasteiger partial charge in [-0.15, -0.1) is 0 Å². The van der Waals surface area contributed by atoms with Gasteiger partial charge in [-0.2, -0.15) is 0 Å². The molecule has 0 atom stereocenters. The van der Waals surface area contributed by atoms with Crippen molar-refractivity contribution in [3.63, 3.8) is 0 Å². The van der Waals surface area contributed by atoms with Crippen LogP contribution in [0.2, 0.25) is 0 Å². The summed E-state index contributed by atoms with van der Waals surface area (Å²) in [5.74, 6) is 0.191. The van der Waals surface area contributed by atoms with Gasteiger partial charge in [0.2, 0.25) is 0 Å². The first-order valence-corrected chi connectivity index (χ1v) is 7.70. The number of halogens is 1. The molecule has 1 aromatic carbocycles. The van der Waals surface area contributed by atoms with Crippen LogP contribution in [0.5, 0.6) is 0 Å². The second-order valence-electron chi connectivity index (χ2n) is 3.48. The van der Waals surface area contributed by atoms with E-state index in [0.29, 0.717) is 11.3 Å². The topological polar surface area (TPSA) is 46.2 Å². The maximum atomic E-state index is 11.9. The first kappa shape index (κ1) is 13.7. The normalized spacial score (nSPS) is 11.6. The molecule has 0 heterocycles. The average Bonchev–Trinajstić information content (AvgIpc) is 2.24. The summed E-state index contributed by atoms with van der Waals surface area (Å²) in [5, 5.41) is 3.11. The van der Waals surface area contributed by atoms with E-state index in [4.69, 9.17) is 0 Å². The van der Waals surface area contributed by atoms with Gasteiger partial charge in [0.05, 0.1) is 10.6 Å². The molecule has 5 heteroatoms. The predicted octanol–water partition coefficient (Wildman–Crippen LogP) is 2.22. The third-order valence-corrected chi connectivity index (χ3v) is 4.46. The van der Waals surface area contributed by atoms with Crippen molar-refractivity contribution < 1.29 is 8.42 Å². The molecule has 0 unspecified atom stereocenters. The van der Waals surface area contributed by atoms with E-state index < -0.39 is 9.84 Å². The Hall–Kier alpha value is -0.390. The molecule has 16 heavy (non-hydrogen) atoms. The van der Waals surface area contributed by atoms with Crippen LogP contribution in [0.4, 0.5) is 0 Å². The SMILES string of the molecule is CCNCCCS(=O)(=O)c1cccc(Br)c1. The van der Waals surface area contributed by atoms with Gasteiger partial charge in [-0.25, -0.2) is 8.42 Å². The minimum absolute atomic E-state index is 0.191. The molecular formula is C11H16BrNO2S. The molecule has 0 aliphatic carbocycles. The van der Waals surface area contributed by atoms with Crippen molar-refractivity contribution in [3.8, 4) is 0 Å². The first-order valence-electron chi connectivity index (χ1n) is 5.25. The number of benzene rings is 1. The second kappa shape index (κ2) is 6.37. The van der Waals surface area contributed by atoms with E-state index in [-0.39, 0.29) is 5.75 Å². The Bertz CT molecular complexity index is 431. The highest BCUT2D eigenvalue weighted by molar-refractivity contribution is 9.10. The quantitative estimate of drug-likeness (QED) is 0.820. The van der Waals surface area contributed by atoms with Gasteiger partial charge in [0, 0.05) is 4.47 Å². The predicted molar refractivity (Wildman–Crippen MR) is 69.4 cm³/mol. The summed E-state index contributed by atoms with van der Waals surface area (Å²) in [4.78, 5) is 0.387. The second-order valence-corrected chi connectivity index (χ2v) is 6.51. The van der Waals surface area contributed by atoms with E-state index in [2.05, 4.69) is 21.2 Å². The zero-order valence-corrected chi connectivity index (χ0v) is 11.6. The molecule has 0 aromatic heterocycles. The molecule has 0 saturated heterocycles. The van der Waals surface area contributed by atoms with E-state index in [1.165, 1.54) is 0 Å². The molecule has 0 fully saturated rings. The van der Waals surface area contributed by atoms with Crippen molar-refractivity contribution in [2.75, 3.05) is 18.8 Å². The molecule has 0 bridgehead atoms. The van der Waals surface area contributed by atoms with Gasteiger partial charge in [-0.3, -0.25) is 0 Å². The van der Waals surface area contributed by atoms with Crippen molar-refractivity contribution in [2.45, 2.75) is 18.2 Å². The van der Waals surface area contributed by atoms with Crippen molar-refractivity contribution in [2.24, 2.45) is 0 Å². The zero-order valence-electron chi connectivity index (χ0n) is 9.24. The summed E-state index contributed by atoms with van der Waals surface area (Å²) in [5.41, 5.74) is 0. The van der Waals surface area contributed by atoms with E-state index >= 15 is 0 Å². The van der Waals surface area contributed by atoms with Crippen LogP contribution in [0.25, 0.3) is 0 Å². The molecule has 1 N–H and O–H groups in total. The Balaban J connectivity index is 2.64. The number of hydrogen-bond donors (Lipinski definition) is 1. The standard InChI is InChI=1S/C11H16BrNO2S/c1-2-13-7-4-8-16(14,15)11-6-3-5-10(12)9-11/h3,5-6,9,13H,2,4,7-8H2,1H3.